The number of rotatable bonds is 7. The normalized spacial score (nSPS) is 17.8. The van der Waals surface area contributed by atoms with Crippen LogP contribution in [0.25, 0.3) is 27.1 Å². The van der Waals surface area contributed by atoms with Crippen LogP contribution in [-0.4, -0.2) is 48.4 Å². The summed E-state index contributed by atoms with van der Waals surface area (Å²) in [6, 6.07) is 15.0. The van der Waals surface area contributed by atoms with Gasteiger partial charge in [0.15, 0.2) is 0 Å². The zero-order valence-electron chi connectivity index (χ0n) is 20.7. The number of carbonyl (C=O) groups is 2. The van der Waals surface area contributed by atoms with Crippen LogP contribution in [0, 0.1) is 5.92 Å². The van der Waals surface area contributed by atoms with Crippen molar-refractivity contribution in [2.24, 2.45) is 16.0 Å². The third-order valence-electron chi connectivity index (χ3n) is 6.69. The first-order valence-electron chi connectivity index (χ1n) is 12.1. The highest BCUT2D eigenvalue weighted by atomic mass is 16.5. The van der Waals surface area contributed by atoms with Crippen molar-refractivity contribution < 1.29 is 14.3 Å². The Balaban J connectivity index is 1.42. The van der Waals surface area contributed by atoms with Gasteiger partial charge in [0.25, 0.3) is 0 Å². The van der Waals surface area contributed by atoms with Crippen LogP contribution in [0.2, 0.25) is 0 Å². The Labute approximate surface area is 210 Å². The highest BCUT2D eigenvalue weighted by Gasteiger charge is 2.38. The molecule has 0 radical (unpaired) electrons. The molecule has 0 unspecified atom stereocenters. The number of carbonyl (C=O) groups excluding carboxylic acids is 2. The minimum Gasteiger partial charge on any atom is -0.453 e. The topological polar surface area (TPSA) is 120 Å². The summed E-state index contributed by atoms with van der Waals surface area (Å²) in [5, 5.41) is 6.30. The van der Waals surface area contributed by atoms with E-state index in [0.717, 1.165) is 40.8 Å². The molecule has 2 aliphatic rings. The van der Waals surface area contributed by atoms with Gasteiger partial charge in [-0.15, -0.1) is 0 Å². The second-order valence-corrected chi connectivity index (χ2v) is 9.31. The molecular weight excluding hydrogens is 456 g/mol. The first-order chi connectivity index (χ1) is 17.4. The van der Waals surface area contributed by atoms with Crippen LogP contribution in [0.4, 0.5) is 10.5 Å². The highest BCUT2D eigenvalue weighted by Crippen LogP contribution is 2.32. The minimum atomic E-state index is -0.638. The van der Waals surface area contributed by atoms with Gasteiger partial charge in [-0.05, 0) is 46.6 Å². The second-order valence-electron chi connectivity index (χ2n) is 9.31. The van der Waals surface area contributed by atoms with Gasteiger partial charge in [-0.25, -0.2) is 4.79 Å². The fraction of sp³-hybridized carbons (Fsp3) is 0.370. The third-order valence-corrected chi connectivity index (χ3v) is 6.69. The second kappa shape index (κ2) is 11.1. The zero-order valence-corrected chi connectivity index (χ0v) is 20.7. The lowest BCUT2D eigenvalue weighted by atomic mass is 9.96. The summed E-state index contributed by atoms with van der Waals surface area (Å²) in [5.74, 6) is -0.157. The van der Waals surface area contributed by atoms with Crippen LogP contribution in [0.1, 0.15) is 38.7 Å². The number of ether oxygens (including phenoxy) is 1. The van der Waals surface area contributed by atoms with E-state index in [2.05, 4.69) is 39.6 Å². The van der Waals surface area contributed by atoms with Gasteiger partial charge in [-0.2, -0.15) is 0 Å². The van der Waals surface area contributed by atoms with Crippen molar-refractivity contribution in [3.05, 3.63) is 70.7 Å². The Morgan fingerprint density at radius 2 is 1.75 bits per heavy atom. The molecule has 2 aliphatic heterocycles. The molecule has 0 aromatic heterocycles. The van der Waals surface area contributed by atoms with E-state index in [9.17, 15) is 9.59 Å². The van der Waals surface area contributed by atoms with Crippen LogP contribution < -0.4 is 5.32 Å². The van der Waals surface area contributed by atoms with E-state index in [4.69, 9.17) is 15.3 Å². The van der Waals surface area contributed by atoms with Crippen LogP contribution in [0.5, 0.6) is 0 Å². The van der Waals surface area contributed by atoms with E-state index in [1.807, 2.05) is 37.1 Å². The fourth-order valence-electron chi connectivity index (χ4n) is 4.73. The maximum Gasteiger partial charge on any atom is 0.407 e. The molecular formula is C27H30N6O3. The molecule has 36 heavy (non-hydrogen) atoms. The summed E-state index contributed by atoms with van der Waals surface area (Å²) in [6.45, 7) is 4.47. The molecule has 0 aliphatic carbocycles. The third kappa shape index (κ3) is 5.42. The number of methoxy groups -OCH3 is 1. The number of benzene rings is 2. The summed E-state index contributed by atoms with van der Waals surface area (Å²) >= 11 is 0. The van der Waals surface area contributed by atoms with Crippen LogP contribution in [0.15, 0.2) is 64.8 Å². The number of allylic oxidation sites excluding steroid dienone is 1. The predicted molar refractivity (Wildman–Crippen MR) is 140 cm³/mol. The van der Waals surface area contributed by atoms with Crippen molar-refractivity contribution in [3.8, 4) is 11.1 Å². The average molecular weight is 487 g/mol. The van der Waals surface area contributed by atoms with Gasteiger partial charge in [0.1, 0.15) is 6.04 Å². The average Bonchev–Trinajstić information content (AvgIpc) is 3.57. The Morgan fingerprint density at radius 3 is 2.36 bits per heavy atom. The fourth-order valence-corrected chi connectivity index (χ4v) is 4.73. The molecule has 9 nitrogen and oxygen atoms in total. The monoisotopic (exact) mass is 486 g/mol. The molecule has 0 saturated carbocycles. The van der Waals surface area contributed by atoms with Gasteiger partial charge in [-0.1, -0.05) is 67.5 Å². The van der Waals surface area contributed by atoms with Gasteiger partial charge in [-0.3, -0.25) is 9.79 Å². The van der Waals surface area contributed by atoms with E-state index in [-0.39, 0.29) is 17.9 Å². The summed E-state index contributed by atoms with van der Waals surface area (Å²) in [7, 11) is 1.30. The van der Waals surface area contributed by atoms with E-state index in [1.165, 1.54) is 7.11 Å². The number of amides is 2. The zero-order chi connectivity index (χ0) is 25.7. The largest absolute Gasteiger partial charge is 0.453 e. The van der Waals surface area contributed by atoms with Crippen LogP contribution in [0.3, 0.4) is 0 Å². The number of nitrogens with zero attached hydrogens (tertiary/aromatic N) is 5. The van der Waals surface area contributed by atoms with Crippen molar-refractivity contribution in [2.75, 3.05) is 13.7 Å². The molecule has 2 atom stereocenters. The molecule has 2 aromatic carbocycles. The Morgan fingerprint density at radius 1 is 1.11 bits per heavy atom. The van der Waals surface area contributed by atoms with Crippen molar-refractivity contribution in [1.82, 2.24) is 10.2 Å². The molecule has 2 amide bonds. The van der Waals surface area contributed by atoms with Gasteiger partial charge in [0.2, 0.25) is 5.91 Å². The Kier molecular flexibility index (Phi) is 7.71. The van der Waals surface area contributed by atoms with Crippen molar-refractivity contribution in [1.29, 1.82) is 0 Å². The molecule has 0 bridgehead atoms. The molecule has 4 rings (SSSR count). The van der Waals surface area contributed by atoms with Crippen LogP contribution in [-0.2, 0) is 9.53 Å². The Bertz CT molecular complexity index is 1230. The number of alkyl carbamates (subject to hydrolysis) is 1. The maximum absolute atomic E-state index is 13.3. The number of likely N-dealkylation sites (tertiary alicyclic amines) is 1. The summed E-state index contributed by atoms with van der Waals surface area (Å²) in [5.41, 5.74) is 14.4. The van der Waals surface area contributed by atoms with Crippen molar-refractivity contribution in [2.45, 2.75) is 45.2 Å². The molecule has 2 aromatic rings. The summed E-state index contributed by atoms with van der Waals surface area (Å²) in [6.07, 6.45) is 3.74. The summed E-state index contributed by atoms with van der Waals surface area (Å²) < 4.78 is 4.72. The van der Waals surface area contributed by atoms with Gasteiger partial charge >= 0.3 is 6.09 Å². The summed E-state index contributed by atoms with van der Waals surface area (Å²) in [4.78, 5) is 34.5. The van der Waals surface area contributed by atoms with E-state index < -0.39 is 12.1 Å². The first kappa shape index (κ1) is 25.0. The minimum absolute atomic E-state index is 0.0640. The number of hydrogen-bond donors (Lipinski definition) is 1. The van der Waals surface area contributed by atoms with Gasteiger partial charge in [0.05, 0.1) is 13.2 Å². The van der Waals surface area contributed by atoms with Crippen LogP contribution >= 0.6 is 0 Å². The standard InChI is InChI=1S/C27H30N6O3/c1-17(2)25(30-27(35)36-3)26(34)33-14-4-5-24(33)23-15-21(16-29-23)20-8-6-18(7-9-20)19-10-12-22(13-11-19)31-32-28/h6-13,16-17,24-25H,4-5,14-15H2,1-3H3,(H,30,35)/t24-,25-/m0/s1. The quantitative estimate of drug-likeness (QED) is 0.300. The lowest BCUT2D eigenvalue weighted by molar-refractivity contribution is -0.134. The predicted octanol–water partition coefficient (Wildman–Crippen LogP) is 5.85. The maximum atomic E-state index is 13.3. The van der Waals surface area contributed by atoms with E-state index in [1.54, 1.807) is 12.1 Å². The molecule has 1 N–H and O–H groups in total. The Hall–Kier alpha value is -4.10. The molecule has 0 spiro atoms. The van der Waals surface area contributed by atoms with E-state index >= 15 is 0 Å². The highest BCUT2D eigenvalue weighted by molar-refractivity contribution is 6.03. The van der Waals surface area contributed by atoms with Crippen molar-refractivity contribution in [3.63, 3.8) is 0 Å². The lowest BCUT2D eigenvalue weighted by Gasteiger charge is -2.31. The number of azide groups is 1. The smallest absolute Gasteiger partial charge is 0.407 e. The molecule has 1 fully saturated rings. The number of hydrogen-bond acceptors (Lipinski definition) is 5. The lowest BCUT2D eigenvalue weighted by Crippen LogP contribution is -2.53. The SMILES string of the molecule is COC(=O)N[C@H](C(=O)N1CCC[C@H]1C1=NC=C(c2ccc(-c3ccc(N=[N+]=[N-])cc3)cc2)C1)C(C)C. The van der Waals surface area contributed by atoms with Gasteiger partial charge < -0.3 is 15.0 Å². The molecule has 9 heteroatoms. The molecule has 1 saturated heterocycles. The first-order valence-corrected chi connectivity index (χ1v) is 12.1. The van der Waals surface area contributed by atoms with Crippen molar-refractivity contribution >= 4 is 29.0 Å². The van der Waals surface area contributed by atoms with E-state index in [0.29, 0.717) is 18.7 Å². The number of nitrogens with one attached hydrogen (secondary N) is 1. The molecule has 186 valence electrons. The number of aliphatic imine (C=N–C) groups is 1. The van der Waals surface area contributed by atoms with Gasteiger partial charge in [0, 0.05) is 35.5 Å². The molecule has 2 heterocycles.